The Morgan fingerprint density at radius 3 is 2.74 bits per heavy atom. The summed E-state index contributed by atoms with van der Waals surface area (Å²) in [5, 5.41) is 12.0. The first-order chi connectivity index (χ1) is 14.6. The smallest absolute Gasteiger partial charge is 1.00 e. The summed E-state index contributed by atoms with van der Waals surface area (Å²) >= 11 is 1.51. The number of carbonyl (C=O) groups is 2. The maximum Gasteiger partial charge on any atom is 1.00 e. The van der Waals surface area contributed by atoms with E-state index < -0.39 is 5.97 Å². The number of hydrogen-bond acceptors (Lipinski definition) is 5. The molecule has 0 aliphatic carbocycles. The first-order valence-corrected chi connectivity index (χ1v) is 10.8. The van der Waals surface area contributed by atoms with E-state index in [9.17, 15) is 14.7 Å². The van der Waals surface area contributed by atoms with Crippen LogP contribution in [0.5, 0.6) is 5.75 Å². The van der Waals surface area contributed by atoms with Crippen LogP contribution in [0.15, 0.2) is 60.0 Å². The number of carboxylic acids is 1. The fraction of sp³-hybridized carbons (Fsp3) is 0.261. The zero-order valence-electron chi connectivity index (χ0n) is 18.4. The number of para-hydroxylation sites is 1. The molecule has 1 saturated heterocycles. The monoisotopic (exact) mass is 446 g/mol. The molecule has 1 amide bonds. The third-order valence-electron chi connectivity index (χ3n) is 5.14. The second-order valence-electron chi connectivity index (χ2n) is 7.16. The number of ether oxygens (including phenoxy) is 1. The predicted molar refractivity (Wildman–Crippen MR) is 116 cm³/mol. The molecule has 1 N–H and O–H groups in total. The van der Waals surface area contributed by atoms with Gasteiger partial charge in [0.25, 0.3) is 5.91 Å². The van der Waals surface area contributed by atoms with E-state index in [0.29, 0.717) is 12.3 Å². The van der Waals surface area contributed by atoms with E-state index in [-0.39, 0.29) is 55.1 Å². The van der Waals surface area contributed by atoms with Crippen molar-refractivity contribution in [1.29, 1.82) is 0 Å². The van der Waals surface area contributed by atoms with Crippen LogP contribution in [0, 0.1) is 0 Å². The topological polar surface area (TPSA) is 79.7 Å². The number of amides is 1. The quantitative estimate of drug-likeness (QED) is 0.584. The summed E-state index contributed by atoms with van der Waals surface area (Å²) in [5.41, 5.74) is 1.73. The Hall–Kier alpha value is -2.19. The second kappa shape index (κ2) is 10.9. The molecule has 1 aromatic heterocycles. The van der Waals surface area contributed by atoms with Gasteiger partial charge in [0, 0.05) is 17.5 Å². The molecule has 0 bridgehead atoms. The number of piperidine rings is 1. The molecular formula is C23H23N2NaO4S. The van der Waals surface area contributed by atoms with Crippen molar-refractivity contribution in [1.82, 2.24) is 9.88 Å². The Labute approximate surface area is 208 Å². The molecule has 0 radical (unpaired) electrons. The Bertz CT molecular complexity index is 1050. The summed E-state index contributed by atoms with van der Waals surface area (Å²) in [5.74, 6) is -0.336. The SMILES string of the molecule is O=C(O)c1cccc(-c2csc([C@H]3CCCCN3C(=O)COc3ccccc3)n2)c1.[H-].[Na+]. The zero-order valence-corrected chi connectivity index (χ0v) is 20.2. The van der Waals surface area contributed by atoms with Gasteiger partial charge < -0.3 is 16.2 Å². The first-order valence-electron chi connectivity index (χ1n) is 9.88. The molecular weight excluding hydrogens is 423 g/mol. The number of carbonyl (C=O) groups excluding carboxylic acids is 1. The van der Waals surface area contributed by atoms with Crippen molar-refractivity contribution in [3.63, 3.8) is 0 Å². The maximum absolute atomic E-state index is 12.9. The van der Waals surface area contributed by atoms with Crippen LogP contribution >= 0.6 is 11.3 Å². The fourth-order valence-corrected chi connectivity index (χ4v) is 4.59. The molecule has 156 valence electrons. The standard InChI is InChI=1S/C23H22N2O4S.Na.H/c26-21(14-29-18-9-2-1-3-10-18)25-12-5-4-11-20(25)22-24-19(15-30-22)16-7-6-8-17(13-16)23(27)28;;/h1-3,6-10,13,15,20H,4-5,11-12,14H2,(H,27,28);;/q;+1;-1/t20-;;/m1../s1. The second-order valence-corrected chi connectivity index (χ2v) is 8.05. The first kappa shape index (κ1) is 23.5. The van der Waals surface area contributed by atoms with Crippen molar-refractivity contribution >= 4 is 23.2 Å². The van der Waals surface area contributed by atoms with Crippen molar-refractivity contribution < 1.29 is 50.4 Å². The van der Waals surface area contributed by atoms with E-state index in [0.717, 1.165) is 35.5 Å². The van der Waals surface area contributed by atoms with E-state index >= 15 is 0 Å². The van der Waals surface area contributed by atoms with E-state index in [1.54, 1.807) is 18.2 Å². The van der Waals surface area contributed by atoms with Gasteiger partial charge in [-0.05, 0) is 43.5 Å². The summed E-state index contributed by atoms with van der Waals surface area (Å²) in [4.78, 5) is 30.7. The number of likely N-dealkylation sites (tertiary alicyclic amines) is 1. The van der Waals surface area contributed by atoms with Crippen molar-refractivity contribution in [2.75, 3.05) is 13.2 Å². The van der Waals surface area contributed by atoms with Gasteiger partial charge in [0.2, 0.25) is 0 Å². The number of rotatable bonds is 6. The Kier molecular flexibility index (Phi) is 8.26. The minimum atomic E-state index is -0.963. The van der Waals surface area contributed by atoms with Gasteiger partial charge in [-0.1, -0.05) is 30.3 Å². The summed E-state index contributed by atoms with van der Waals surface area (Å²) in [6.07, 6.45) is 2.86. The molecule has 1 fully saturated rings. The molecule has 1 aliphatic rings. The molecule has 0 spiro atoms. The van der Waals surface area contributed by atoms with Crippen LogP contribution in [0.4, 0.5) is 0 Å². The Morgan fingerprint density at radius 1 is 1.16 bits per heavy atom. The van der Waals surface area contributed by atoms with E-state index in [4.69, 9.17) is 9.72 Å². The fourth-order valence-electron chi connectivity index (χ4n) is 3.62. The maximum atomic E-state index is 12.9. The van der Waals surface area contributed by atoms with Crippen LogP contribution in [0.1, 0.15) is 42.1 Å². The Balaban J connectivity index is 0.00000181. The van der Waals surface area contributed by atoms with Crippen LogP contribution in [0.25, 0.3) is 11.3 Å². The van der Waals surface area contributed by atoms with Crippen LogP contribution in [-0.2, 0) is 4.79 Å². The van der Waals surface area contributed by atoms with Crippen LogP contribution < -0.4 is 34.3 Å². The third-order valence-corrected chi connectivity index (χ3v) is 6.09. The summed E-state index contributed by atoms with van der Waals surface area (Å²) < 4.78 is 5.65. The summed E-state index contributed by atoms with van der Waals surface area (Å²) in [6, 6.07) is 16.0. The molecule has 31 heavy (non-hydrogen) atoms. The molecule has 6 nitrogen and oxygen atoms in total. The predicted octanol–water partition coefficient (Wildman–Crippen LogP) is 1.76. The van der Waals surface area contributed by atoms with Gasteiger partial charge in [-0.3, -0.25) is 4.79 Å². The number of hydrogen-bond donors (Lipinski definition) is 1. The summed E-state index contributed by atoms with van der Waals surface area (Å²) in [6.45, 7) is 0.685. The van der Waals surface area contributed by atoms with Gasteiger partial charge in [-0.15, -0.1) is 11.3 Å². The molecule has 2 aromatic carbocycles. The number of carboxylic acid groups (broad SMARTS) is 1. The van der Waals surface area contributed by atoms with E-state index in [1.165, 1.54) is 11.3 Å². The van der Waals surface area contributed by atoms with Crippen molar-refractivity contribution in [3.05, 3.63) is 70.5 Å². The van der Waals surface area contributed by atoms with E-state index in [1.807, 2.05) is 46.7 Å². The third kappa shape index (κ3) is 5.74. The largest absolute Gasteiger partial charge is 1.00 e. The molecule has 2 heterocycles. The minimum absolute atomic E-state index is 0. The van der Waals surface area contributed by atoms with Gasteiger partial charge in [0.15, 0.2) is 6.61 Å². The van der Waals surface area contributed by atoms with Gasteiger partial charge in [0.1, 0.15) is 10.8 Å². The number of aromatic carboxylic acids is 1. The van der Waals surface area contributed by atoms with Crippen LogP contribution in [0.3, 0.4) is 0 Å². The van der Waals surface area contributed by atoms with Gasteiger partial charge in [0.05, 0.1) is 17.3 Å². The van der Waals surface area contributed by atoms with Crippen molar-refractivity contribution in [3.8, 4) is 17.0 Å². The molecule has 3 aromatic rings. The van der Waals surface area contributed by atoms with Gasteiger partial charge in [-0.25, -0.2) is 9.78 Å². The molecule has 1 aliphatic heterocycles. The van der Waals surface area contributed by atoms with Crippen LogP contribution in [0.2, 0.25) is 0 Å². The Morgan fingerprint density at radius 2 is 1.97 bits per heavy atom. The summed E-state index contributed by atoms with van der Waals surface area (Å²) in [7, 11) is 0. The van der Waals surface area contributed by atoms with Crippen molar-refractivity contribution in [2.24, 2.45) is 0 Å². The van der Waals surface area contributed by atoms with E-state index in [2.05, 4.69) is 0 Å². The number of thiazole rings is 1. The molecule has 1 atom stereocenters. The number of nitrogens with zero attached hydrogens (tertiary/aromatic N) is 2. The average molecular weight is 447 g/mol. The van der Waals surface area contributed by atoms with Crippen LogP contribution in [-0.4, -0.2) is 40.0 Å². The molecule has 4 rings (SSSR count). The van der Waals surface area contributed by atoms with Gasteiger partial charge in [-0.2, -0.15) is 0 Å². The average Bonchev–Trinajstić information content (AvgIpc) is 3.28. The minimum Gasteiger partial charge on any atom is -1.00 e. The normalized spacial score (nSPS) is 15.7. The molecule has 0 saturated carbocycles. The van der Waals surface area contributed by atoms with Crippen molar-refractivity contribution in [2.45, 2.75) is 25.3 Å². The number of aromatic nitrogens is 1. The van der Waals surface area contributed by atoms with Gasteiger partial charge >= 0.3 is 35.5 Å². The molecule has 8 heteroatoms. The zero-order chi connectivity index (χ0) is 20.9. The number of benzene rings is 2. The molecule has 0 unspecified atom stereocenters.